The van der Waals surface area contributed by atoms with Gasteiger partial charge in [-0.2, -0.15) is 0 Å². The number of hydrogen-bond acceptors (Lipinski definition) is 4. The molecule has 2 aromatic rings. The maximum atomic E-state index is 12.4. The lowest BCUT2D eigenvalue weighted by molar-refractivity contribution is 0.272. The summed E-state index contributed by atoms with van der Waals surface area (Å²) >= 11 is 5.83. The van der Waals surface area contributed by atoms with Crippen LogP contribution < -0.4 is 4.90 Å². The third kappa shape index (κ3) is 4.75. The Balaban J connectivity index is 1.53. The fourth-order valence-electron chi connectivity index (χ4n) is 3.06. The van der Waals surface area contributed by atoms with Crippen molar-refractivity contribution in [1.82, 2.24) is 4.90 Å². The first kappa shape index (κ1) is 18.2. The number of nitrogens with zero attached hydrogens (tertiary/aromatic N) is 2. The second-order valence-corrected chi connectivity index (χ2v) is 8.99. The van der Waals surface area contributed by atoms with Gasteiger partial charge in [0.05, 0.1) is 10.6 Å². The number of aryl methyl sites for hydroxylation is 1. The maximum Gasteiger partial charge on any atom is 0.179 e. The second kappa shape index (κ2) is 7.77. The first-order valence-corrected chi connectivity index (χ1v) is 10.5. The molecule has 0 saturated carbocycles. The standard InChI is InChI=1S/C19H23ClN2O2S/c1-16-3-2-4-18(15-16)22-11-9-21(10-12-22)13-14-25(23,24)19-7-5-17(20)6-8-19/h2-8,15H,9-14H2,1H3. The zero-order valence-corrected chi connectivity index (χ0v) is 15.9. The Morgan fingerprint density at radius 2 is 1.68 bits per heavy atom. The number of sulfone groups is 1. The van der Waals surface area contributed by atoms with Crippen molar-refractivity contribution in [2.24, 2.45) is 0 Å². The van der Waals surface area contributed by atoms with Gasteiger partial charge in [-0.1, -0.05) is 23.7 Å². The Kier molecular flexibility index (Phi) is 5.67. The molecule has 3 rings (SSSR count). The molecule has 1 heterocycles. The Labute approximate surface area is 154 Å². The number of piperazine rings is 1. The van der Waals surface area contributed by atoms with E-state index >= 15 is 0 Å². The molecule has 6 heteroatoms. The lowest BCUT2D eigenvalue weighted by atomic mass is 10.2. The van der Waals surface area contributed by atoms with Crippen molar-refractivity contribution in [1.29, 1.82) is 0 Å². The van der Waals surface area contributed by atoms with Crippen LogP contribution in [-0.4, -0.2) is 51.8 Å². The van der Waals surface area contributed by atoms with Gasteiger partial charge in [-0.15, -0.1) is 0 Å². The molecule has 1 aliphatic heterocycles. The molecule has 0 unspecified atom stereocenters. The van der Waals surface area contributed by atoms with Crippen LogP contribution in [-0.2, 0) is 9.84 Å². The highest BCUT2D eigenvalue weighted by atomic mass is 35.5. The predicted molar refractivity (Wildman–Crippen MR) is 103 cm³/mol. The lowest BCUT2D eigenvalue weighted by Crippen LogP contribution is -2.47. The largest absolute Gasteiger partial charge is 0.369 e. The van der Waals surface area contributed by atoms with Crippen LogP contribution in [0, 0.1) is 6.92 Å². The van der Waals surface area contributed by atoms with Gasteiger partial charge in [-0.25, -0.2) is 8.42 Å². The number of benzene rings is 2. The van der Waals surface area contributed by atoms with Gasteiger partial charge >= 0.3 is 0 Å². The first-order valence-electron chi connectivity index (χ1n) is 8.46. The smallest absolute Gasteiger partial charge is 0.179 e. The minimum atomic E-state index is -3.26. The molecule has 0 bridgehead atoms. The van der Waals surface area contributed by atoms with Crippen LogP contribution in [0.1, 0.15) is 5.56 Å². The van der Waals surface area contributed by atoms with Crippen LogP contribution in [0.5, 0.6) is 0 Å². The summed E-state index contributed by atoms with van der Waals surface area (Å²) in [5.41, 5.74) is 2.50. The molecular weight excluding hydrogens is 356 g/mol. The topological polar surface area (TPSA) is 40.6 Å². The Morgan fingerprint density at radius 3 is 2.32 bits per heavy atom. The van der Waals surface area contributed by atoms with Gasteiger partial charge < -0.3 is 4.90 Å². The van der Waals surface area contributed by atoms with Crippen molar-refractivity contribution in [2.45, 2.75) is 11.8 Å². The van der Waals surface area contributed by atoms with Crippen molar-refractivity contribution in [2.75, 3.05) is 43.4 Å². The quantitative estimate of drug-likeness (QED) is 0.800. The lowest BCUT2D eigenvalue weighted by Gasteiger charge is -2.36. The molecule has 1 aliphatic rings. The summed E-state index contributed by atoms with van der Waals surface area (Å²) in [5, 5.41) is 0.547. The normalized spacial score (nSPS) is 16.2. The molecule has 2 aromatic carbocycles. The van der Waals surface area contributed by atoms with Crippen LogP contribution in [0.3, 0.4) is 0 Å². The summed E-state index contributed by atoms with van der Waals surface area (Å²) in [6.45, 7) is 6.26. The third-order valence-electron chi connectivity index (χ3n) is 4.59. The van der Waals surface area contributed by atoms with E-state index in [0.717, 1.165) is 26.2 Å². The van der Waals surface area contributed by atoms with E-state index < -0.39 is 9.84 Å². The van der Waals surface area contributed by atoms with Crippen molar-refractivity contribution in [3.63, 3.8) is 0 Å². The summed E-state index contributed by atoms with van der Waals surface area (Å²) in [5.74, 6) is 0.138. The number of hydrogen-bond donors (Lipinski definition) is 0. The van der Waals surface area contributed by atoms with Gasteiger partial charge in [0.25, 0.3) is 0 Å². The van der Waals surface area contributed by atoms with E-state index in [2.05, 4.69) is 41.0 Å². The summed E-state index contributed by atoms with van der Waals surface area (Å²) in [6, 6.07) is 14.9. The van der Waals surface area contributed by atoms with Gasteiger partial charge in [-0.3, -0.25) is 4.90 Å². The molecule has 0 aliphatic carbocycles. The maximum absolute atomic E-state index is 12.4. The highest BCUT2D eigenvalue weighted by Crippen LogP contribution is 2.19. The van der Waals surface area contributed by atoms with E-state index in [-0.39, 0.29) is 5.75 Å². The van der Waals surface area contributed by atoms with Gasteiger partial charge in [0, 0.05) is 43.4 Å². The molecule has 0 N–H and O–H groups in total. The van der Waals surface area contributed by atoms with Crippen LogP contribution in [0.15, 0.2) is 53.4 Å². The van der Waals surface area contributed by atoms with Crippen LogP contribution >= 0.6 is 11.6 Å². The molecule has 134 valence electrons. The third-order valence-corrected chi connectivity index (χ3v) is 6.55. The van der Waals surface area contributed by atoms with Crippen molar-refractivity contribution in [3.8, 4) is 0 Å². The van der Waals surface area contributed by atoms with Crippen molar-refractivity contribution in [3.05, 3.63) is 59.1 Å². The Bertz CT molecular complexity index is 814. The number of rotatable bonds is 5. The monoisotopic (exact) mass is 378 g/mol. The number of halogens is 1. The summed E-state index contributed by atoms with van der Waals surface area (Å²) < 4.78 is 24.9. The van der Waals surface area contributed by atoms with E-state index in [0.29, 0.717) is 16.5 Å². The zero-order chi connectivity index (χ0) is 17.9. The highest BCUT2D eigenvalue weighted by Gasteiger charge is 2.20. The van der Waals surface area contributed by atoms with Gasteiger partial charge in [0.15, 0.2) is 9.84 Å². The van der Waals surface area contributed by atoms with Crippen molar-refractivity contribution >= 4 is 27.1 Å². The van der Waals surface area contributed by atoms with Crippen LogP contribution in [0.4, 0.5) is 5.69 Å². The average Bonchev–Trinajstić information content (AvgIpc) is 2.61. The first-order chi connectivity index (χ1) is 11.9. The molecule has 1 fully saturated rings. The molecule has 25 heavy (non-hydrogen) atoms. The van der Waals surface area contributed by atoms with Crippen molar-refractivity contribution < 1.29 is 8.42 Å². The fraction of sp³-hybridized carbons (Fsp3) is 0.368. The fourth-order valence-corrected chi connectivity index (χ4v) is 4.47. The molecule has 0 amide bonds. The zero-order valence-electron chi connectivity index (χ0n) is 14.4. The molecule has 4 nitrogen and oxygen atoms in total. The minimum Gasteiger partial charge on any atom is -0.369 e. The van der Waals surface area contributed by atoms with E-state index in [1.165, 1.54) is 11.3 Å². The Hall–Kier alpha value is -1.56. The van der Waals surface area contributed by atoms with Crippen LogP contribution in [0.2, 0.25) is 5.02 Å². The molecule has 1 saturated heterocycles. The second-order valence-electron chi connectivity index (χ2n) is 6.44. The summed E-state index contributed by atoms with van der Waals surface area (Å²) in [4.78, 5) is 4.92. The molecule has 0 atom stereocenters. The highest BCUT2D eigenvalue weighted by molar-refractivity contribution is 7.91. The van der Waals surface area contributed by atoms with Crippen LogP contribution in [0.25, 0.3) is 0 Å². The van der Waals surface area contributed by atoms with Gasteiger partial charge in [0.2, 0.25) is 0 Å². The average molecular weight is 379 g/mol. The molecule has 0 aromatic heterocycles. The summed E-state index contributed by atoms with van der Waals surface area (Å²) in [7, 11) is -3.26. The number of anilines is 1. The van der Waals surface area contributed by atoms with E-state index in [1.807, 2.05) is 0 Å². The van der Waals surface area contributed by atoms with E-state index in [4.69, 9.17) is 11.6 Å². The molecule has 0 radical (unpaired) electrons. The SMILES string of the molecule is Cc1cccc(N2CCN(CCS(=O)(=O)c3ccc(Cl)cc3)CC2)c1. The molecule has 0 spiro atoms. The van der Waals surface area contributed by atoms with E-state index in [9.17, 15) is 8.42 Å². The predicted octanol–water partition coefficient (Wildman–Crippen LogP) is 3.24. The summed E-state index contributed by atoms with van der Waals surface area (Å²) in [6.07, 6.45) is 0. The van der Waals surface area contributed by atoms with Gasteiger partial charge in [0.1, 0.15) is 0 Å². The van der Waals surface area contributed by atoms with Gasteiger partial charge in [-0.05, 0) is 48.9 Å². The van der Waals surface area contributed by atoms with E-state index in [1.54, 1.807) is 24.3 Å². The molecular formula is C19H23ClN2O2S. The Morgan fingerprint density at radius 1 is 1.00 bits per heavy atom. The minimum absolute atomic E-state index is 0.138.